The van der Waals surface area contributed by atoms with Crippen LogP contribution in [0.25, 0.3) is 0 Å². The molecule has 0 bridgehead atoms. The van der Waals surface area contributed by atoms with Gasteiger partial charge in [-0.15, -0.1) is 0 Å². The van der Waals surface area contributed by atoms with Gasteiger partial charge in [0.25, 0.3) is 10.1 Å². The highest BCUT2D eigenvalue weighted by atomic mass is 32.2. The van der Waals surface area contributed by atoms with Gasteiger partial charge in [0.15, 0.2) is 0 Å². The van der Waals surface area contributed by atoms with Gasteiger partial charge in [0.05, 0.1) is 0 Å². The second-order valence-corrected chi connectivity index (χ2v) is 6.22. The highest BCUT2D eigenvalue weighted by Crippen LogP contribution is 2.36. The fraction of sp³-hybridized carbons (Fsp3) is 0.417. The molecule has 1 aromatic rings. The van der Waals surface area contributed by atoms with Crippen molar-refractivity contribution in [2.75, 3.05) is 0 Å². The number of aliphatic carboxylic acids is 1. The Labute approximate surface area is 106 Å². The van der Waals surface area contributed by atoms with E-state index in [4.69, 9.17) is 0 Å². The minimum Gasteiger partial charge on any atom is -0.480 e. The molecule has 18 heavy (non-hydrogen) atoms. The second-order valence-electron chi connectivity index (χ2n) is 4.57. The first-order chi connectivity index (χ1) is 8.22. The van der Waals surface area contributed by atoms with Crippen molar-refractivity contribution in [3.63, 3.8) is 0 Å². The maximum atomic E-state index is 11.6. The van der Waals surface area contributed by atoms with Crippen LogP contribution in [0, 0.1) is 5.92 Å². The van der Waals surface area contributed by atoms with Gasteiger partial charge in [0, 0.05) is 0 Å². The van der Waals surface area contributed by atoms with Gasteiger partial charge < -0.3 is 5.11 Å². The SMILES string of the molecule is CC(C)CC(C(=O)O)(c1ccccc1)S(=O)(=O)O. The van der Waals surface area contributed by atoms with Crippen molar-refractivity contribution in [2.24, 2.45) is 5.92 Å². The lowest BCUT2D eigenvalue weighted by Crippen LogP contribution is -2.44. The number of carboxylic acid groups (broad SMARTS) is 1. The molecular weight excluding hydrogens is 256 g/mol. The van der Waals surface area contributed by atoms with E-state index in [-0.39, 0.29) is 17.9 Å². The third kappa shape index (κ3) is 2.54. The monoisotopic (exact) mass is 272 g/mol. The summed E-state index contributed by atoms with van der Waals surface area (Å²) in [7, 11) is -4.77. The van der Waals surface area contributed by atoms with Crippen LogP contribution in [-0.2, 0) is 19.7 Å². The van der Waals surface area contributed by atoms with Crippen molar-refractivity contribution in [2.45, 2.75) is 25.0 Å². The van der Waals surface area contributed by atoms with Crippen LogP contribution in [0.1, 0.15) is 25.8 Å². The Morgan fingerprint density at radius 1 is 1.28 bits per heavy atom. The van der Waals surface area contributed by atoms with E-state index in [9.17, 15) is 22.9 Å². The number of carboxylic acids is 1. The van der Waals surface area contributed by atoms with Crippen LogP contribution in [0.3, 0.4) is 0 Å². The van der Waals surface area contributed by atoms with E-state index in [0.29, 0.717) is 0 Å². The first-order valence-electron chi connectivity index (χ1n) is 5.47. The van der Waals surface area contributed by atoms with Crippen LogP contribution in [0.4, 0.5) is 0 Å². The summed E-state index contributed by atoms with van der Waals surface area (Å²) < 4.78 is 30.3. The van der Waals surface area contributed by atoms with Gasteiger partial charge in [-0.3, -0.25) is 9.35 Å². The lowest BCUT2D eigenvalue weighted by molar-refractivity contribution is -0.141. The molecule has 0 aromatic heterocycles. The quantitative estimate of drug-likeness (QED) is 0.799. The minimum absolute atomic E-state index is 0.0636. The Kier molecular flexibility index (Phi) is 4.13. The lowest BCUT2D eigenvalue weighted by Gasteiger charge is -2.28. The predicted molar refractivity (Wildman–Crippen MR) is 66.8 cm³/mol. The van der Waals surface area contributed by atoms with E-state index >= 15 is 0 Å². The molecule has 0 aliphatic heterocycles. The molecule has 1 aromatic carbocycles. The average molecular weight is 272 g/mol. The zero-order valence-electron chi connectivity index (χ0n) is 10.2. The molecule has 0 radical (unpaired) electrons. The number of carbonyl (C=O) groups is 1. The van der Waals surface area contributed by atoms with Gasteiger partial charge in [-0.1, -0.05) is 44.2 Å². The van der Waals surface area contributed by atoms with E-state index in [1.807, 2.05) is 0 Å². The smallest absolute Gasteiger partial charge is 0.332 e. The van der Waals surface area contributed by atoms with Gasteiger partial charge in [-0.25, -0.2) is 0 Å². The first kappa shape index (κ1) is 14.7. The summed E-state index contributed by atoms with van der Waals surface area (Å²) in [5.74, 6) is -1.77. The van der Waals surface area contributed by atoms with Gasteiger partial charge in [0.2, 0.25) is 4.75 Å². The molecule has 0 spiro atoms. The van der Waals surface area contributed by atoms with Crippen molar-refractivity contribution in [3.05, 3.63) is 35.9 Å². The molecule has 1 atom stereocenters. The Morgan fingerprint density at radius 2 is 1.78 bits per heavy atom. The molecule has 0 aliphatic carbocycles. The van der Waals surface area contributed by atoms with E-state index in [0.717, 1.165) is 0 Å². The highest BCUT2D eigenvalue weighted by molar-refractivity contribution is 7.87. The van der Waals surface area contributed by atoms with Gasteiger partial charge in [0.1, 0.15) is 0 Å². The predicted octanol–water partition coefficient (Wildman–Crippen LogP) is 1.90. The van der Waals surface area contributed by atoms with Crippen LogP contribution in [0.5, 0.6) is 0 Å². The summed E-state index contributed by atoms with van der Waals surface area (Å²) in [4.78, 5) is 11.5. The molecule has 0 heterocycles. The van der Waals surface area contributed by atoms with Crippen LogP contribution in [0.2, 0.25) is 0 Å². The maximum Gasteiger partial charge on any atom is 0.332 e. The zero-order valence-corrected chi connectivity index (χ0v) is 11.0. The molecule has 6 heteroatoms. The Bertz CT molecular complexity index is 521. The van der Waals surface area contributed by atoms with Crippen LogP contribution in [0.15, 0.2) is 30.3 Å². The van der Waals surface area contributed by atoms with Crippen molar-refractivity contribution >= 4 is 16.1 Å². The summed E-state index contributed by atoms with van der Waals surface area (Å²) in [5.41, 5.74) is 0.0636. The summed E-state index contributed by atoms with van der Waals surface area (Å²) in [5, 5.41) is 9.32. The van der Waals surface area contributed by atoms with E-state index < -0.39 is 20.8 Å². The molecule has 2 N–H and O–H groups in total. The average Bonchev–Trinajstić information content (AvgIpc) is 2.24. The molecule has 0 fully saturated rings. The number of rotatable bonds is 5. The zero-order chi connectivity index (χ0) is 14.0. The first-order valence-corrected chi connectivity index (χ1v) is 6.92. The number of hydrogen-bond acceptors (Lipinski definition) is 3. The van der Waals surface area contributed by atoms with Gasteiger partial charge in [-0.05, 0) is 17.9 Å². The summed E-state index contributed by atoms with van der Waals surface area (Å²) >= 11 is 0. The molecule has 5 nitrogen and oxygen atoms in total. The van der Waals surface area contributed by atoms with Crippen LogP contribution < -0.4 is 0 Å². The third-order valence-electron chi connectivity index (χ3n) is 2.72. The molecule has 1 rings (SSSR count). The van der Waals surface area contributed by atoms with Crippen molar-refractivity contribution in [1.82, 2.24) is 0 Å². The van der Waals surface area contributed by atoms with Gasteiger partial charge >= 0.3 is 5.97 Å². The lowest BCUT2D eigenvalue weighted by atomic mass is 9.89. The Balaban J connectivity index is 3.55. The Hall–Kier alpha value is -1.40. The fourth-order valence-corrected chi connectivity index (χ4v) is 3.17. The van der Waals surface area contributed by atoms with Crippen molar-refractivity contribution in [3.8, 4) is 0 Å². The molecule has 0 saturated carbocycles. The highest BCUT2D eigenvalue weighted by Gasteiger charge is 2.52. The maximum absolute atomic E-state index is 11.6. The second kappa shape index (κ2) is 5.07. The summed E-state index contributed by atoms with van der Waals surface area (Å²) in [6.07, 6.45) is -0.189. The van der Waals surface area contributed by atoms with E-state index in [1.54, 1.807) is 32.0 Å². The van der Waals surface area contributed by atoms with E-state index in [2.05, 4.69) is 0 Å². The van der Waals surface area contributed by atoms with E-state index in [1.165, 1.54) is 12.1 Å². The summed E-state index contributed by atoms with van der Waals surface area (Å²) in [6, 6.07) is 7.51. The normalized spacial score (nSPS) is 15.3. The molecule has 100 valence electrons. The third-order valence-corrected chi connectivity index (χ3v) is 4.18. The van der Waals surface area contributed by atoms with Gasteiger partial charge in [-0.2, -0.15) is 8.42 Å². The largest absolute Gasteiger partial charge is 0.480 e. The van der Waals surface area contributed by atoms with Crippen LogP contribution >= 0.6 is 0 Å². The fourth-order valence-electron chi connectivity index (χ4n) is 1.98. The van der Waals surface area contributed by atoms with Crippen molar-refractivity contribution in [1.29, 1.82) is 0 Å². The standard InChI is InChI=1S/C12H16O5S/c1-9(2)8-12(11(13)14,18(15,16)17)10-6-4-3-5-7-10/h3-7,9H,8H2,1-2H3,(H,13,14)(H,15,16,17). The summed E-state index contributed by atoms with van der Waals surface area (Å²) in [6.45, 7) is 3.40. The minimum atomic E-state index is -4.77. The molecule has 0 amide bonds. The number of hydrogen-bond donors (Lipinski definition) is 2. The molecule has 0 saturated heterocycles. The molecular formula is C12H16O5S. The van der Waals surface area contributed by atoms with Crippen LogP contribution in [-0.4, -0.2) is 24.0 Å². The topological polar surface area (TPSA) is 91.7 Å². The Morgan fingerprint density at radius 3 is 2.11 bits per heavy atom. The van der Waals surface area contributed by atoms with Crippen molar-refractivity contribution < 1.29 is 22.9 Å². The number of benzene rings is 1. The molecule has 0 aliphatic rings. The molecule has 1 unspecified atom stereocenters.